The van der Waals surface area contributed by atoms with Gasteiger partial charge < -0.3 is 15.7 Å². The van der Waals surface area contributed by atoms with Gasteiger partial charge >= 0.3 is 5.97 Å². The van der Waals surface area contributed by atoms with Gasteiger partial charge in [0, 0.05) is 26.2 Å². The van der Waals surface area contributed by atoms with Gasteiger partial charge in [0.1, 0.15) is 0 Å². The highest BCUT2D eigenvalue weighted by molar-refractivity contribution is 5.69. The number of carboxylic acid groups (broad SMARTS) is 1. The normalized spacial score (nSPS) is 11.4. The highest BCUT2D eigenvalue weighted by Gasteiger charge is 2.08. The lowest BCUT2D eigenvalue weighted by molar-refractivity contribution is -0.138. The second-order valence-corrected chi connectivity index (χ2v) is 7.71. The predicted octanol–water partition coefficient (Wildman–Crippen LogP) is 4.27. The third kappa shape index (κ3) is 21.5. The maximum atomic E-state index is 11.0. The monoisotopic (exact) mass is 385 g/mol. The number of rotatable bonds is 22. The zero-order valence-corrected chi connectivity index (χ0v) is 18.2. The van der Waals surface area contributed by atoms with Crippen LogP contribution in [0.3, 0.4) is 0 Å². The van der Waals surface area contributed by atoms with E-state index in [1.165, 1.54) is 77.0 Å². The molecule has 27 heavy (non-hydrogen) atoms. The van der Waals surface area contributed by atoms with E-state index in [-0.39, 0.29) is 6.54 Å². The van der Waals surface area contributed by atoms with Gasteiger partial charge in [-0.3, -0.25) is 9.69 Å². The van der Waals surface area contributed by atoms with Crippen molar-refractivity contribution in [2.75, 3.05) is 45.8 Å². The number of nitrogens with zero attached hydrogens (tertiary/aromatic N) is 1. The number of carbonyl (C=O) groups is 1. The predicted molar refractivity (Wildman–Crippen MR) is 117 cm³/mol. The van der Waals surface area contributed by atoms with Crippen molar-refractivity contribution in [2.45, 2.75) is 90.9 Å². The van der Waals surface area contributed by atoms with Crippen molar-refractivity contribution in [3.05, 3.63) is 0 Å². The number of aliphatic carboxylic acids is 1. The Hall–Kier alpha value is -0.650. The molecule has 0 bridgehead atoms. The number of carboxylic acids is 1. The first-order chi connectivity index (χ1) is 13.2. The van der Waals surface area contributed by atoms with E-state index in [9.17, 15) is 4.79 Å². The molecule has 0 aliphatic heterocycles. The Labute approximate surface area is 168 Å². The van der Waals surface area contributed by atoms with Gasteiger partial charge in [-0.05, 0) is 25.9 Å². The van der Waals surface area contributed by atoms with Crippen LogP contribution in [0.15, 0.2) is 0 Å². The number of unbranched alkanes of at least 4 members (excludes halogenated alkanes) is 10. The second-order valence-electron chi connectivity index (χ2n) is 7.71. The molecule has 5 heteroatoms. The van der Waals surface area contributed by atoms with Crippen LogP contribution in [0.2, 0.25) is 0 Å². The molecule has 162 valence electrons. The Morgan fingerprint density at radius 2 is 1.07 bits per heavy atom. The molecule has 0 fully saturated rings. The van der Waals surface area contributed by atoms with Crippen molar-refractivity contribution >= 4 is 5.97 Å². The molecule has 0 heterocycles. The average Bonchev–Trinajstić information content (AvgIpc) is 2.64. The van der Waals surface area contributed by atoms with Crippen molar-refractivity contribution in [1.29, 1.82) is 0 Å². The third-order valence-electron chi connectivity index (χ3n) is 4.98. The molecule has 0 amide bonds. The number of nitrogens with one attached hydrogen (secondary N) is 2. The summed E-state index contributed by atoms with van der Waals surface area (Å²) in [6.45, 7) is 10.1. The third-order valence-corrected chi connectivity index (χ3v) is 4.98. The van der Waals surface area contributed by atoms with Crippen LogP contribution < -0.4 is 10.6 Å². The summed E-state index contributed by atoms with van der Waals surface area (Å²) < 4.78 is 0. The fraction of sp³-hybridized carbons (Fsp3) is 0.955. The lowest BCUT2D eigenvalue weighted by atomic mass is 10.1. The summed E-state index contributed by atoms with van der Waals surface area (Å²) in [5.74, 6) is -0.734. The van der Waals surface area contributed by atoms with Crippen LogP contribution in [-0.4, -0.2) is 61.8 Å². The minimum Gasteiger partial charge on any atom is -0.480 e. The lowest BCUT2D eigenvalue weighted by Crippen LogP contribution is -2.40. The molecule has 3 N–H and O–H groups in total. The molecular formula is C22H47N3O2. The van der Waals surface area contributed by atoms with Gasteiger partial charge in [0.15, 0.2) is 0 Å². The molecule has 0 saturated carbocycles. The van der Waals surface area contributed by atoms with E-state index in [4.69, 9.17) is 5.11 Å². The molecule has 0 aromatic heterocycles. The van der Waals surface area contributed by atoms with E-state index in [1.54, 1.807) is 0 Å². The largest absolute Gasteiger partial charge is 0.480 e. The minimum absolute atomic E-state index is 0.136. The molecular weight excluding hydrogens is 338 g/mol. The maximum absolute atomic E-state index is 11.0. The van der Waals surface area contributed by atoms with E-state index in [1.807, 2.05) is 4.90 Å². The van der Waals surface area contributed by atoms with Gasteiger partial charge in [-0.15, -0.1) is 0 Å². The van der Waals surface area contributed by atoms with Crippen LogP contribution in [0.25, 0.3) is 0 Å². The topological polar surface area (TPSA) is 64.6 Å². The van der Waals surface area contributed by atoms with Crippen molar-refractivity contribution in [2.24, 2.45) is 0 Å². The Kier molecular flexibility index (Phi) is 21.1. The zero-order chi connectivity index (χ0) is 20.0. The highest BCUT2D eigenvalue weighted by Crippen LogP contribution is 2.04. The molecule has 0 aromatic carbocycles. The Balaban J connectivity index is 3.58. The summed E-state index contributed by atoms with van der Waals surface area (Å²) in [7, 11) is 0. The molecule has 0 saturated heterocycles. The summed E-state index contributed by atoms with van der Waals surface area (Å²) in [5.41, 5.74) is 0. The van der Waals surface area contributed by atoms with Crippen molar-refractivity contribution < 1.29 is 9.90 Å². The molecule has 0 spiro atoms. The Morgan fingerprint density at radius 3 is 1.48 bits per heavy atom. The van der Waals surface area contributed by atoms with Crippen LogP contribution in [0, 0.1) is 0 Å². The summed E-state index contributed by atoms with van der Waals surface area (Å²) in [6.07, 6.45) is 15.7. The van der Waals surface area contributed by atoms with Gasteiger partial charge in [-0.2, -0.15) is 0 Å². The molecule has 0 aromatic rings. The van der Waals surface area contributed by atoms with E-state index in [0.717, 1.165) is 39.3 Å². The van der Waals surface area contributed by atoms with Gasteiger partial charge in [-0.25, -0.2) is 0 Å². The van der Waals surface area contributed by atoms with Crippen molar-refractivity contribution in [3.8, 4) is 0 Å². The minimum atomic E-state index is -0.734. The highest BCUT2D eigenvalue weighted by atomic mass is 16.4. The van der Waals surface area contributed by atoms with Crippen LogP contribution in [0.5, 0.6) is 0 Å². The van der Waals surface area contributed by atoms with E-state index >= 15 is 0 Å². The molecule has 0 radical (unpaired) electrons. The van der Waals surface area contributed by atoms with Crippen LogP contribution in [0.1, 0.15) is 90.9 Å². The summed E-state index contributed by atoms with van der Waals surface area (Å²) >= 11 is 0. The molecule has 0 aliphatic carbocycles. The molecule has 0 unspecified atom stereocenters. The summed E-state index contributed by atoms with van der Waals surface area (Å²) in [6, 6.07) is 0. The van der Waals surface area contributed by atoms with E-state index < -0.39 is 5.97 Å². The fourth-order valence-corrected chi connectivity index (χ4v) is 3.25. The zero-order valence-electron chi connectivity index (χ0n) is 18.2. The SMILES string of the molecule is CCCCCCCCNCCN(CCNCCCCCCCC)CC(=O)O. The maximum Gasteiger partial charge on any atom is 0.317 e. The van der Waals surface area contributed by atoms with Gasteiger partial charge in [0.25, 0.3) is 0 Å². The first-order valence-electron chi connectivity index (χ1n) is 11.6. The first kappa shape index (κ1) is 26.4. The van der Waals surface area contributed by atoms with Gasteiger partial charge in [0.05, 0.1) is 6.54 Å². The smallest absolute Gasteiger partial charge is 0.317 e. The summed E-state index contributed by atoms with van der Waals surface area (Å²) in [5, 5.41) is 16.0. The van der Waals surface area contributed by atoms with Gasteiger partial charge in [-0.1, -0.05) is 78.1 Å². The van der Waals surface area contributed by atoms with E-state index in [0.29, 0.717) is 0 Å². The standard InChI is InChI=1S/C22H47N3O2/c1-3-5-7-9-11-13-15-23-17-19-25(21-22(26)27)20-18-24-16-14-12-10-8-6-4-2/h23-24H,3-21H2,1-2H3,(H,26,27). The molecule has 0 rings (SSSR count). The average molecular weight is 386 g/mol. The molecule has 5 nitrogen and oxygen atoms in total. The van der Waals surface area contributed by atoms with Crippen LogP contribution in [0.4, 0.5) is 0 Å². The van der Waals surface area contributed by atoms with E-state index in [2.05, 4.69) is 24.5 Å². The lowest BCUT2D eigenvalue weighted by Gasteiger charge is -2.20. The van der Waals surface area contributed by atoms with Gasteiger partial charge in [0.2, 0.25) is 0 Å². The summed E-state index contributed by atoms with van der Waals surface area (Å²) in [4.78, 5) is 13.1. The molecule has 0 atom stereocenters. The van der Waals surface area contributed by atoms with Crippen molar-refractivity contribution in [1.82, 2.24) is 15.5 Å². The second kappa shape index (κ2) is 21.6. The fourth-order valence-electron chi connectivity index (χ4n) is 3.25. The number of hydrogen-bond acceptors (Lipinski definition) is 4. The Morgan fingerprint density at radius 1 is 0.667 bits per heavy atom. The number of hydrogen-bond donors (Lipinski definition) is 3. The quantitative estimate of drug-likeness (QED) is 0.243. The van der Waals surface area contributed by atoms with Crippen molar-refractivity contribution in [3.63, 3.8) is 0 Å². The molecule has 0 aliphatic rings. The Bertz CT molecular complexity index is 292. The van der Waals surface area contributed by atoms with Crippen LogP contribution >= 0.6 is 0 Å². The first-order valence-corrected chi connectivity index (χ1v) is 11.6. The van der Waals surface area contributed by atoms with Crippen LogP contribution in [-0.2, 0) is 4.79 Å².